The molecule has 0 spiro atoms. The number of aromatic amines is 1. The van der Waals surface area contributed by atoms with E-state index in [1.54, 1.807) is 29.2 Å². The number of nitro benzene ring substituents is 1. The van der Waals surface area contributed by atoms with E-state index < -0.39 is 10.2 Å². The van der Waals surface area contributed by atoms with Crippen molar-refractivity contribution in [1.29, 1.82) is 0 Å². The molecule has 1 aromatic heterocycles. The molecule has 4 aromatic rings. The van der Waals surface area contributed by atoms with Gasteiger partial charge in [-0.15, -0.1) is 0 Å². The first-order valence-corrected chi connectivity index (χ1v) is 12.6. The van der Waals surface area contributed by atoms with Crippen LogP contribution in [0.25, 0.3) is 10.9 Å². The van der Waals surface area contributed by atoms with Crippen LogP contribution in [0.1, 0.15) is 12.0 Å². The molecule has 9 nitrogen and oxygen atoms in total. The fourth-order valence-corrected chi connectivity index (χ4v) is 5.35. The number of benzene rings is 3. The topological polar surface area (TPSA) is 121 Å². The van der Waals surface area contributed by atoms with E-state index in [1.807, 2.05) is 48.7 Å². The minimum atomic E-state index is -0.622. The first-order valence-electron chi connectivity index (χ1n) is 11.7. The third-order valence-electron chi connectivity index (χ3n) is 6.01. The number of carbonyl (C=O) groups excluding carboxylic acids is 2. The Bertz CT molecular complexity index is 1480. The van der Waals surface area contributed by atoms with Crippen molar-refractivity contribution in [2.75, 3.05) is 11.9 Å². The number of nitro groups is 1. The summed E-state index contributed by atoms with van der Waals surface area (Å²) in [4.78, 5) is 46.1. The highest BCUT2D eigenvalue weighted by Crippen LogP contribution is 2.33. The Morgan fingerprint density at radius 2 is 1.78 bits per heavy atom. The van der Waals surface area contributed by atoms with E-state index in [0.29, 0.717) is 29.5 Å². The summed E-state index contributed by atoms with van der Waals surface area (Å²) >= 11 is 1.24. The summed E-state index contributed by atoms with van der Waals surface area (Å²) in [6, 6.07) is 22.9. The number of thioether (sulfide) groups is 1. The van der Waals surface area contributed by atoms with Gasteiger partial charge in [0.15, 0.2) is 5.17 Å². The standard InChI is InChI=1S/C27H23N5O4S/c33-25(29-19-6-2-1-3-7-19)16-24-26(34)31(15-14-18-17-28-23-9-5-4-8-22(18)23)27(37-24)30-20-10-12-21(13-11-20)32(35)36/h1-13,17,24,28H,14-16H2,(H,29,33). The van der Waals surface area contributed by atoms with Crippen LogP contribution in [0.3, 0.4) is 0 Å². The van der Waals surface area contributed by atoms with Gasteiger partial charge in [0.05, 0.1) is 10.6 Å². The van der Waals surface area contributed by atoms with Crippen LogP contribution in [0.2, 0.25) is 0 Å². The van der Waals surface area contributed by atoms with Crippen molar-refractivity contribution in [2.45, 2.75) is 18.1 Å². The van der Waals surface area contributed by atoms with Gasteiger partial charge in [0.2, 0.25) is 11.8 Å². The summed E-state index contributed by atoms with van der Waals surface area (Å²) in [6.07, 6.45) is 2.54. The monoisotopic (exact) mass is 513 g/mol. The highest BCUT2D eigenvalue weighted by atomic mass is 32.2. The van der Waals surface area contributed by atoms with Crippen molar-refractivity contribution in [3.05, 3.63) is 101 Å². The molecular weight excluding hydrogens is 490 g/mol. The van der Waals surface area contributed by atoms with E-state index in [2.05, 4.69) is 15.3 Å². The maximum Gasteiger partial charge on any atom is 0.269 e. The number of hydrogen-bond donors (Lipinski definition) is 2. The molecule has 5 rings (SSSR count). The number of rotatable bonds is 8. The molecule has 1 saturated heterocycles. The molecule has 1 fully saturated rings. The zero-order chi connectivity index (χ0) is 25.8. The van der Waals surface area contributed by atoms with Crippen molar-refractivity contribution >= 4 is 56.7 Å². The number of fused-ring (bicyclic) bond motifs is 1. The SMILES string of the molecule is O=C(CC1SC(=Nc2ccc([N+](=O)[O-])cc2)N(CCc2c[nH]c3ccccc23)C1=O)Nc1ccccc1. The second kappa shape index (κ2) is 10.7. The lowest BCUT2D eigenvalue weighted by molar-refractivity contribution is -0.384. The Hall–Kier alpha value is -4.44. The maximum atomic E-state index is 13.4. The van der Waals surface area contributed by atoms with E-state index in [4.69, 9.17) is 0 Å². The first-order chi connectivity index (χ1) is 18.0. The van der Waals surface area contributed by atoms with Gasteiger partial charge in [0.25, 0.3) is 5.69 Å². The maximum absolute atomic E-state index is 13.4. The number of H-pyrrole nitrogens is 1. The van der Waals surface area contributed by atoms with Crippen LogP contribution in [0, 0.1) is 10.1 Å². The molecule has 1 aliphatic rings. The van der Waals surface area contributed by atoms with Crippen LogP contribution < -0.4 is 5.32 Å². The predicted octanol–water partition coefficient (Wildman–Crippen LogP) is 5.28. The van der Waals surface area contributed by atoms with Crippen LogP contribution in [-0.4, -0.2) is 43.6 Å². The molecule has 1 aliphatic heterocycles. The number of amides is 2. The Kier molecular flexibility index (Phi) is 7.00. The summed E-state index contributed by atoms with van der Waals surface area (Å²) in [5.41, 5.74) is 3.22. The van der Waals surface area contributed by atoms with Gasteiger partial charge in [0.1, 0.15) is 5.25 Å². The molecule has 2 N–H and O–H groups in total. The Balaban J connectivity index is 1.36. The van der Waals surface area contributed by atoms with E-state index in [9.17, 15) is 19.7 Å². The highest BCUT2D eigenvalue weighted by molar-refractivity contribution is 8.15. The first kappa shape index (κ1) is 24.3. The molecule has 0 aliphatic carbocycles. The fourth-order valence-electron chi connectivity index (χ4n) is 4.16. The van der Waals surface area contributed by atoms with Gasteiger partial charge in [0, 0.05) is 47.9 Å². The number of nitrogens with one attached hydrogen (secondary N) is 2. The number of carbonyl (C=O) groups is 2. The van der Waals surface area contributed by atoms with Crippen LogP contribution in [0.15, 0.2) is 90.1 Å². The fraction of sp³-hybridized carbons (Fsp3) is 0.148. The van der Waals surface area contributed by atoms with E-state index in [-0.39, 0.29) is 23.9 Å². The third-order valence-corrected chi connectivity index (χ3v) is 7.19. The van der Waals surface area contributed by atoms with Crippen molar-refractivity contribution < 1.29 is 14.5 Å². The largest absolute Gasteiger partial charge is 0.361 e. The highest BCUT2D eigenvalue weighted by Gasteiger charge is 2.39. The molecule has 186 valence electrons. The van der Waals surface area contributed by atoms with Gasteiger partial charge >= 0.3 is 0 Å². The number of nitrogens with zero attached hydrogens (tertiary/aromatic N) is 3. The van der Waals surface area contributed by atoms with Crippen molar-refractivity contribution in [3.8, 4) is 0 Å². The lowest BCUT2D eigenvalue weighted by atomic mass is 10.1. The average molecular weight is 514 g/mol. The smallest absolute Gasteiger partial charge is 0.269 e. The molecule has 2 heterocycles. The van der Waals surface area contributed by atoms with E-state index >= 15 is 0 Å². The normalized spacial score (nSPS) is 16.4. The van der Waals surface area contributed by atoms with Gasteiger partial charge in [-0.25, -0.2) is 4.99 Å². The van der Waals surface area contributed by atoms with Crippen molar-refractivity contribution in [1.82, 2.24) is 9.88 Å². The molecule has 1 atom stereocenters. The number of aliphatic imine (C=N–C) groups is 1. The van der Waals surface area contributed by atoms with Crippen LogP contribution in [-0.2, 0) is 16.0 Å². The summed E-state index contributed by atoms with van der Waals surface area (Å²) in [6.45, 7) is 0.385. The van der Waals surface area contributed by atoms with Gasteiger partial charge < -0.3 is 10.3 Å². The molecule has 3 aromatic carbocycles. The lowest BCUT2D eigenvalue weighted by Crippen LogP contribution is -2.35. The summed E-state index contributed by atoms with van der Waals surface area (Å²) in [5.74, 6) is -0.445. The summed E-state index contributed by atoms with van der Waals surface area (Å²) in [7, 11) is 0. The molecule has 1 unspecified atom stereocenters. The van der Waals surface area contributed by atoms with Gasteiger partial charge in [-0.05, 0) is 42.3 Å². The quantitative estimate of drug-likeness (QED) is 0.245. The van der Waals surface area contributed by atoms with Crippen LogP contribution >= 0.6 is 11.8 Å². The van der Waals surface area contributed by atoms with Crippen molar-refractivity contribution in [2.24, 2.45) is 4.99 Å². The minimum Gasteiger partial charge on any atom is -0.361 e. The number of non-ortho nitro benzene ring substituents is 1. The zero-order valence-corrected chi connectivity index (χ0v) is 20.5. The number of anilines is 1. The molecule has 0 radical (unpaired) electrons. The lowest BCUT2D eigenvalue weighted by Gasteiger charge is -2.16. The number of para-hydroxylation sites is 2. The number of aromatic nitrogens is 1. The predicted molar refractivity (Wildman–Crippen MR) is 145 cm³/mol. The van der Waals surface area contributed by atoms with Gasteiger partial charge in [-0.3, -0.25) is 24.6 Å². The van der Waals surface area contributed by atoms with Gasteiger partial charge in [-0.1, -0.05) is 48.2 Å². The van der Waals surface area contributed by atoms with E-state index in [0.717, 1.165) is 16.5 Å². The number of amidine groups is 1. The average Bonchev–Trinajstić information content (AvgIpc) is 3.44. The minimum absolute atomic E-state index is 0.00125. The molecule has 0 bridgehead atoms. The van der Waals surface area contributed by atoms with Crippen molar-refractivity contribution in [3.63, 3.8) is 0 Å². The van der Waals surface area contributed by atoms with Gasteiger partial charge in [-0.2, -0.15) is 0 Å². The molecule has 2 amide bonds. The Morgan fingerprint density at radius 1 is 1.05 bits per heavy atom. The third kappa shape index (κ3) is 5.54. The molecular formula is C27H23N5O4S. The van der Waals surface area contributed by atoms with Crippen LogP contribution in [0.5, 0.6) is 0 Å². The summed E-state index contributed by atoms with van der Waals surface area (Å²) in [5, 5.41) is 14.8. The number of hydrogen-bond acceptors (Lipinski definition) is 6. The molecule has 37 heavy (non-hydrogen) atoms. The summed E-state index contributed by atoms with van der Waals surface area (Å²) < 4.78 is 0. The van der Waals surface area contributed by atoms with Crippen LogP contribution in [0.4, 0.5) is 17.1 Å². The molecule has 0 saturated carbocycles. The van der Waals surface area contributed by atoms with E-state index in [1.165, 1.54) is 23.9 Å². The second-order valence-electron chi connectivity index (χ2n) is 8.49. The molecule has 10 heteroatoms. The Morgan fingerprint density at radius 3 is 2.54 bits per heavy atom. The Labute approximate surface area is 216 Å². The second-order valence-corrected chi connectivity index (χ2v) is 9.66. The zero-order valence-electron chi connectivity index (χ0n) is 19.7.